The second kappa shape index (κ2) is 5.40. The Morgan fingerprint density at radius 3 is 1.25 bits per heavy atom. The van der Waals surface area contributed by atoms with Gasteiger partial charge in [0.2, 0.25) is 0 Å². The van der Waals surface area contributed by atoms with E-state index in [1.54, 1.807) is 0 Å². The Hall–Kier alpha value is -0.430. The number of benzene rings is 1. The Kier molecular flexibility index (Phi) is 4.76. The van der Waals surface area contributed by atoms with Gasteiger partial charge in [-0.25, -0.2) is 0 Å². The lowest BCUT2D eigenvalue weighted by atomic mass is 9.72. The number of hydrogen-bond donors (Lipinski definition) is 1. The van der Waals surface area contributed by atoms with E-state index in [1.807, 2.05) is 0 Å². The normalized spacial score (nSPS) is 13.7. The fourth-order valence-electron chi connectivity index (χ4n) is 2.61. The van der Waals surface area contributed by atoms with Crippen LogP contribution >= 0.6 is 12.6 Å². The average molecular weight is 293 g/mol. The summed E-state index contributed by atoms with van der Waals surface area (Å²) in [5.41, 5.74) is 6.22. The van der Waals surface area contributed by atoms with Crippen LogP contribution in [-0.4, -0.2) is 0 Å². The van der Waals surface area contributed by atoms with Crippen LogP contribution in [-0.2, 0) is 22.0 Å². The molecule has 0 bridgehead atoms. The summed E-state index contributed by atoms with van der Waals surface area (Å²) < 4.78 is 0. The van der Waals surface area contributed by atoms with Crippen molar-refractivity contribution in [2.75, 3.05) is 0 Å². The van der Waals surface area contributed by atoms with Gasteiger partial charge in [0.05, 0.1) is 0 Å². The summed E-state index contributed by atoms with van der Waals surface area (Å²) in [4.78, 5) is 0. The van der Waals surface area contributed by atoms with E-state index in [0.29, 0.717) is 0 Å². The standard InChI is InChI=1S/C19H32S/c1-17(2,3)13-10-15(18(4,5)6)14(12-20)16(11-13)19(7,8)9/h10-11,20H,12H2,1-9H3. The number of thiol groups is 1. The molecule has 0 saturated carbocycles. The molecule has 20 heavy (non-hydrogen) atoms. The maximum absolute atomic E-state index is 4.62. The fraction of sp³-hybridized carbons (Fsp3) is 0.684. The average Bonchev–Trinajstić information content (AvgIpc) is 2.23. The maximum Gasteiger partial charge on any atom is 0.0160 e. The monoisotopic (exact) mass is 292 g/mol. The van der Waals surface area contributed by atoms with Gasteiger partial charge in [-0.2, -0.15) is 12.6 Å². The van der Waals surface area contributed by atoms with Gasteiger partial charge in [0.25, 0.3) is 0 Å². The van der Waals surface area contributed by atoms with Crippen LogP contribution in [0, 0.1) is 0 Å². The molecule has 0 fully saturated rings. The van der Waals surface area contributed by atoms with Crippen LogP contribution in [0.5, 0.6) is 0 Å². The first kappa shape index (κ1) is 17.6. The summed E-state index contributed by atoms with van der Waals surface area (Å²) >= 11 is 4.62. The zero-order valence-corrected chi connectivity index (χ0v) is 15.7. The predicted molar refractivity (Wildman–Crippen MR) is 95.2 cm³/mol. The van der Waals surface area contributed by atoms with Crippen LogP contribution in [0.3, 0.4) is 0 Å². The summed E-state index contributed by atoms with van der Waals surface area (Å²) in [5, 5.41) is 0. The topological polar surface area (TPSA) is 0 Å². The molecule has 0 atom stereocenters. The summed E-state index contributed by atoms with van der Waals surface area (Å²) in [6.45, 7) is 20.7. The van der Waals surface area contributed by atoms with Crippen molar-refractivity contribution in [3.8, 4) is 0 Å². The smallest absolute Gasteiger partial charge is 0.0160 e. The lowest BCUT2D eigenvalue weighted by Gasteiger charge is -2.33. The van der Waals surface area contributed by atoms with Gasteiger partial charge in [0.1, 0.15) is 0 Å². The minimum Gasteiger partial charge on any atom is -0.175 e. The first-order valence-corrected chi connectivity index (χ1v) is 8.21. The molecule has 0 unspecified atom stereocenters. The van der Waals surface area contributed by atoms with Gasteiger partial charge in [0.15, 0.2) is 0 Å². The third-order valence-electron chi connectivity index (χ3n) is 3.89. The molecule has 1 heteroatoms. The lowest BCUT2D eigenvalue weighted by Crippen LogP contribution is -2.23. The van der Waals surface area contributed by atoms with E-state index in [0.717, 1.165) is 5.75 Å². The van der Waals surface area contributed by atoms with Gasteiger partial charge in [-0.1, -0.05) is 74.4 Å². The second-order valence-corrected chi connectivity index (χ2v) is 9.27. The van der Waals surface area contributed by atoms with Gasteiger partial charge in [0, 0.05) is 5.75 Å². The third kappa shape index (κ3) is 3.81. The summed E-state index contributed by atoms with van der Waals surface area (Å²) in [5.74, 6) is 0.809. The van der Waals surface area contributed by atoms with Gasteiger partial charge < -0.3 is 0 Å². The van der Waals surface area contributed by atoms with E-state index in [9.17, 15) is 0 Å². The van der Waals surface area contributed by atoms with Crippen molar-refractivity contribution in [2.24, 2.45) is 0 Å². The second-order valence-electron chi connectivity index (χ2n) is 8.96. The lowest BCUT2D eigenvalue weighted by molar-refractivity contribution is 0.542. The number of rotatable bonds is 1. The Morgan fingerprint density at radius 2 is 1.05 bits per heavy atom. The van der Waals surface area contributed by atoms with Crippen LogP contribution in [0.15, 0.2) is 12.1 Å². The highest BCUT2D eigenvalue weighted by atomic mass is 32.1. The molecule has 0 nitrogen and oxygen atoms in total. The van der Waals surface area contributed by atoms with Crippen LogP contribution in [0.4, 0.5) is 0 Å². The van der Waals surface area contributed by atoms with Gasteiger partial charge in [-0.05, 0) is 38.5 Å². The van der Waals surface area contributed by atoms with E-state index >= 15 is 0 Å². The van der Waals surface area contributed by atoms with Gasteiger partial charge in [-0.3, -0.25) is 0 Å². The largest absolute Gasteiger partial charge is 0.175 e. The highest BCUT2D eigenvalue weighted by Crippen LogP contribution is 2.38. The molecule has 0 heterocycles. The molecule has 1 rings (SSSR count). The van der Waals surface area contributed by atoms with Crippen molar-refractivity contribution in [3.05, 3.63) is 34.4 Å². The van der Waals surface area contributed by atoms with E-state index < -0.39 is 0 Å². The van der Waals surface area contributed by atoms with E-state index in [-0.39, 0.29) is 16.2 Å². The van der Waals surface area contributed by atoms with Crippen LogP contribution in [0.25, 0.3) is 0 Å². The third-order valence-corrected chi connectivity index (χ3v) is 4.21. The minimum atomic E-state index is 0.152. The molecule has 0 saturated heterocycles. The molecular formula is C19H32S. The van der Waals surface area contributed by atoms with Crippen molar-refractivity contribution >= 4 is 12.6 Å². The Balaban J connectivity index is 3.75. The summed E-state index contributed by atoms with van der Waals surface area (Å²) in [7, 11) is 0. The van der Waals surface area contributed by atoms with Crippen molar-refractivity contribution in [1.29, 1.82) is 0 Å². The number of hydrogen-bond acceptors (Lipinski definition) is 1. The molecule has 0 radical (unpaired) electrons. The first-order valence-electron chi connectivity index (χ1n) is 7.57. The highest BCUT2D eigenvalue weighted by Gasteiger charge is 2.28. The zero-order chi connectivity index (χ0) is 15.9. The van der Waals surface area contributed by atoms with Crippen molar-refractivity contribution in [1.82, 2.24) is 0 Å². The Labute approximate surface area is 131 Å². The van der Waals surface area contributed by atoms with Gasteiger partial charge >= 0.3 is 0 Å². The van der Waals surface area contributed by atoms with Gasteiger partial charge in [-0.15, -0.1) is 0 Å². The molecule has 0 spiro atoms. The molecule has 0 N–H and O–H groups in total. The summed E-state index contributed by atoms with van der Waals surface area (Å²) in [6.07, 6.45) is 0. The van der Waals surface area contributed by atoms with E-state index in [2.05, 4.69) is 87.1 Å². The van der Waals surface area contributed by atoms with E-state index in [4.69, 9.17) is 0 Å². The highest BCUT2D eigenvalue weighted by molar-refractivity contribution is 7.79. The molecule has 1 aromatic rings. The quantitative estimate of drug-likeness (QED) is 0.602. The molecule has 114 valence electrons. The molecule has 1 aromatic carbocycles. The van der Waals surface area contributed by atoms with Crippen LogP contribution < -0.4 is 0 Å². The molecule has 0 aliphatic carbocycles. The molecule has 0 aliphatic rings. The molecule has 0 amide bonds. The Morgan fingerprint density at radius 1 is 0.700 bits per heavy atom. The molecular weight excluding hydrogens is 260 g/mol. The summed E-state index contributed by atoms with van der Waals surface area (Å²) in [6, 6.07) is 4.81. The maximum atomic E-state index is 4.62. The predicted octanol–water partition coefficient (Wildman–Crippen LogP) is 6.01. The van der Waals surface area contributed by atoms with Crippen molar-refractivity contribution in [3.63, 3.8) is 0 Å². The SMILES string of the molecule is CC(C)(C)c1cc(C(C)(C)C)c(CS)c(C(C)(C)C)c1. The Bertz CT molecular complexity index is 441. The minimum absolute atomic E-state index is 0.152. The zero-order valence-electron chi connectivity index (χ0n) is 14.8. The fourth-order valence-corrected chi connectivity index (χ4v) is 2.95. The van der Waals surface area contributed by atoms with E-state index in [1.165, 1.54) is 22.3 Å². The molecule has 0 aliphatic heterocycles. The van der Waals surface area contributed by atoms with Crippen LogP contribution in [0.2, 0.25) is 0 Å². The molecule has 0 aromatic heterocycles. The van der Waals surface area contributed by atoms with Crippen LogP contribution in [0.1, 0.15) is 84.6 Å². The van der Waals surface area contributed by atoms with Crippen molar-refractivity contribution < 1.29 is 0 Å². The van der Waals surface area contributed by atoms with Crippen molar-refractivity contribution in [2.45, 2.75) is 84.3 Å². The first-order chi connectivity index (χ1) is 8.78.